The fourth-order valence-electron chi connectivity index (χ4n) is 3.29. The van der Waals surface area contributed by atoms with Crippen LogP contribution in [0, 0.1) is 11.8 Å². The standard InChI is InChI=1S/C17H22N2/c1-12-7-8-17(18,11-13(12)2)15-6-5-14-4-3-9-19-16(14)10-15/h3-6,9-10,12-13H,7-8,11,18H2,1-2H3. The average molecular weight is 254 g/mol. The van der Waals surface area contributed by atoms with Gasteiger partial charge in [0.15, 0.2) is 0 Å². The van der Waals surface area contributed by atoms with Gasteiger partial charge in [-0.1, -0.05) is 32.0 Å². The molecule has 0 bridgehead atoms. The smallest absolute Gasteiger partial charge is 0.0705 e. The first-order valence-corrected chi connectivity index (χ1v) is 7.23. The fourth-order valence-corrected chi connectivity index (χ4v) is 3.29. The van der Waals surface area contributed by atoms with E-state index in [1.807, 2.05) is 12.3 Å². The van der Waals surface area contributed by atoms with Crippen LogP contribution in [0.5, 0.6) is 0 Å². The minimum absolute atomic E-state index is 0.169. The van der Waals surface area contributed by atoms with Crippen molar-refractivity contribution in [2.75, 3.05) is 0 Å². The molecule has 2 heteroatoms. The van der Waals surface area contributed by atoms with Crippen LogP contribution in [0.3, 0.4) is 0 Å². The third kappa shape index (κ3) is 2.25. The second-order valence-electron chi connectivity index (χ2n) is 6.26. The molecule has 1 heterocycles. The molecule has 3 rings (SSSR count). The van der Waals surface area contributed by atoms with Crippen LogP contribution in [-0.4, -0.2) is 4.98 Å². The van der Waals surface area contributed by atoms with Crippen molar-refractivity contribution in [2.24, 2.45) is 17.6 Å². The maximum absolute atomic E-state index is 6.70. The molecular weight excluding hydrogens is 232 g/mol. The summed E-state index contributed by atoms with van der Waals surface area (Å²) in [6, 6.07) is 10.6. The number of pyridine rings is 1. The van der Waals surface area contributed by atoms with Gasteiger partial charge in [0.05, 0.1) is 5.52 Å². The Labute approximate surface area is 115 Å². The summed E-state index contributed by atoms with van der Waals surface area (Å²) in [5.74, 6) is 1.48. The number of aromatic nitrogens is 1. The molecule has 1 fully saturated rings. The lowest BCUT2D eigenvalue weighted by Crippen LogP contribution is -2.43. The molecule has 1 aromatic carbocycles. The monoisotopic (exact) mass is 254 g/mol. The van der Waals surface area contributed by atoms with E-state index in [0.717, 1.165) is 24.3 Å². The maximum Gasteiger partial charge on any atom is 0.0705 e. The summed E-state index contributed by atoms with van der Waals surface area (Å²) in [4.78, 5) is 4.45. The molecule has 3 atom stereocenters. The predicted octanol–water partition coefficient (Wildman–Crippen LogP) is 3.84. The van der Waals surface area contributed by atoms with Crippen molar-refractivity contribution < 1.29 is 0 Å². The lowest BCUT2D eigenvalue weighted by atomic mass is 9.69. The fraction of sp³-hybridized carbons (Fsp3) is 0.471. The summed E-state index contributed by atoms with van der Waals surface area (Å²) >= 11 is 0. The lowest BCUT2D eigenvalue weighted by Gasteiger charge is -2.40. The van der Waals surface area contributed by atoms with Gasteiger partial charge in [0.25, 0.3) is 0 Å². The zero-order chi connectivity index (χ0) is 13.5. The summed E-state index contributed by atoms with van der Waals surface area (Å²) in [7, 11) is 0. The van der Waals surface area contributed by atoms with Crippen LogP contribution in [-0.2, 0) is 5.54 Å². The highest BCUT2D eigenvalue weighted by atomic mass is 14.8. The van der Waals surface area contributed by atoms with Crippen molar-refractivity contribution in [3.05, 3.63) is 42.1 Å². The molecule has 1 aromatic heterocycles. The zero-order valence-corrected chi connectivity index (χ0v) is 11.8. The summed E-state index contributed by atoms with van der Waals surface area (Å²) in [6.45, 7) is 4.66. The molecule has 0 spiro atoms. The van der Waals surface area contributed by atoms with Crippen LogP contribution in [0.2, 0.25) is 0 Å². The number of nitrogens with two attached hydrogens (primary N) is 1. The lowest BCUT2D eigenvalue weighted by molar-refractivity contribution is 0.177. The molecule has 2 nitrogen and oxygen atoms in total. The first-order valence-electron chi connectivity index (χ1n) is 7.23. The second kappa shape index (κ2) is 4.61. The van der Waals surface area contributed by atoms with Crippen LogP contribution < -0.4 is 5.73 Å². The number of nitrogens with zero attached hydrogens (tertiary/aromatic N) is 1. The molecule has 1 aliphatic rings. The Morgan fingerprint density at radius 2 is 2.05 bits per heavy atom. The van der Waals surface area contributed by atoms with Crippen LogP contribution in [0.25, 0.3) is 10.9 Å². The van der Waals surface area contributed by atoms with Crippen molar-refractivity contribution in [2.45, 2.75) is 38.6 Å². The largest absolute Gasteiger partial charge is 0.321 e. The number of hydrogen-bond donors (Lipinski definition) is 1. The maximum atomic E-state index is 6.70. The van der Waals surface area contributed by atoms with Crippen molar-refractivity contribution in [3.8, 4) is 0 Å². The molecule has 0 saturated heterocycles. The third-order valence-electron chi connectivity index (χ3n) is 4.88. The SMILES string of the molecule is CC1CCC(N)(c2ccc3cccnc3c2)CC1C. The van der Waals surface area contributed by atoms with Crippen molar-refractivity contribution in [1.29, 1.82) is 0 Å². The Hall–Kier alpha value is -1.41. The summed E-state index contributed by atoms with van der Waals surface area (Å²) in [6.07, 6.45) is 5.22. The van der Waals surface area contributed by atoms with Crippen molar-refractivity contribution in [1.82, 2.24) is 4.98 Å². The summed E-state index contributed by atoms with van der Waals surface area (Å²) in [5.41, 5.74) is 8.83. The molecule has 1 saturated carbocycles. The molecule has 3 unspecified atom stereocenters. The van der Waals surface area contributed by atoms with Gasteiger partial charge in [-0.3, -0.25) is 4.98 Å². The highest BCUT2D eigenvalue weighted by molar-refractivity contribution is 5.79. The molecular formula is C17H22N2. The molecule has 0 amide bonds. The first kappa shape index (κ1) is 12.6. The van der Waals surface area contributed by atoms with Gasteiger partial charge in [-0.05, 0) is 48.8 Å². The van der Waals surface area contributed by atoms with E-state index in [1.54, 1.807) is 0 Å². The molecule has 100 valence electrons. The van der Waals surface area contributed by atoms with E-state index >= 15 is 0 Å². The van der Waals surface area contributed by atoms with Gasteiger partial charge in [0, 0.05) is 17.1 Å². The van der Waals surface area contributed by atoms with E-state index in [1.165, 1.54) is 17.4 Å². The number of benzene rings is 1. The Balaban J connectivity index is 1.99. The zero-order valence-electron chi connectivity index (χ0n) is 11.8. The molecule has 2 aromatic rings. The first-order chi connectivity index (χ1) is 9.08. The molecule has 1 aliphatic carbocycles. The van der Waals surface area contributed by atoms with Gasteiger partial charge >= 0.3 is 0 Å². The van der Waals surface area contributed by atoms with E-state index in [2.05, 4.69) is 43.1 Å². The van der Waals surface area contributed by atoms with E-state index < -0.39 is 0 Å². The molecule has 2 N–H and O–H groups in total. The number of fused-ring (bicyclic) bond motifs is 1. The highest BCUT2D eigenvalue weighted by Crippen LogP contribution is 2.41. The Kier molecular flexibility index (Phi) is 3.06. The molecule has 0 radical (unpaired) electrons. The Bertz CT molecular complexity index is 593. The normalized spacial score (nSPS) is 31.5. The number of rotatable bonds is 1. The minimum Gasteiger partial charge on any atom is -0.321 e. The second-order valence-corrected chi connectivity index (χ2v) is 6.26. The van der Waals surface area contributed by atoms with E-state index in [9.17, 15) is 0 Å². The van der Waals surface area contributed by atoms with Crippen LogP contribution in [0.1, 0.15) is 38.7 Å². The summed E-state index contributed by atoms with van der Waals surface area (Å²) in [5, 5.41) is 1.19. The minimum atomic E-state index is -0.169. The van der Waals surface area contributed by atoms with Gasteiger partial charge in [-0.2, -0.15) is 0 Å². The third-order valence-corrected chi connectivity index (χ3v) is 4.88. The van der Waals surface area contributed by atoms with E-state index in [0.29, 0.717) is 5.92 Å². The van der Waals surface area contributed by atoms with E-state index in [-0.39, 0.29) is 5.54 Å². The van der Waals surface area contributed by atoms with Gasteiger partial charge in [-0.15, -0.1) is 0 Å². The predicted molar refractivity (Wildman–Crippen MR) is 79.8 cm³/mol. The van der Waals surface area contributed by atoms with E-state index in [4.69, 9.17) is 5.73 Å². The molecule has 19 heavy (non-hydrogen) atoms. The van der Waals surface area contributed by atoms with Crippen LogP contribution in [0.4, 0.5) is 0 Å². The Morgan fingerprint density at radius 3 is 2.84 bits per heavy atom. The molecule has 0 aliphatic heterocycles. The quantitative estimate of drug-likeness (QED) is 0.839. The van der Waals surface area contributed by atoms with Crippen molar-refractivity contribution >= 4 is 10.9 Å². The Morgan fingerprint density at radius 1 is 1.21 bits per heavy atom. The van der Waals surface area contributed by atoms with Gasteiger partial charge in [0.1, 0.15) is 0 Å². The van der Waals surface area contributed by atoms with Crippen molar-refractivity contribution in [3.63, 3.8) is 0 Å². The highest BCUT2D eigenvalue weighted by Gasteiger charge is 2.35. The van der Waals surface area contributed by atoms with Crippen LogP contribution >= 0.6 is 0 Å². The van der Waals surface area contributed by atoms with Gasteiger partial charge in [-0.25, -0.2) is 0 Å². The van der Waals surface area contributed by atoms with Gasteiger partial charge < -0.3 is 5.73 Å². The average Bonchev–Trinajstić information content (AvgIpc) is 2.43. The summed E-state index contributed by atoms with van der Waals surface area (Å²) < 4.78 is 0. The van der Waals surface area contributed by atoms with Crippen LogP contribution in [0.15, 0.2) is 36.5 Å². The van der Waals surface area contributed by atoms with Gasteiger partial charge in [0.2, 0.25) is 0 Å². The topological polar surface area (TPSA) is 38.9 Å². The number of hydrogen-bond acceptors (Lipinski definition) is 2.